The minimum absolute atomic E-state index is 0.0269. The Hall–Kier alpha value is -2.40. The number of nitrogens with zero attached hydrogens (tertiary/aromatic N) is 1. The summed E-state index contributed by atoms with van der Waals surface area (Å²) in [5.41, 5.74) is 0. The van der Waals surface area contributed by atoms with E-state index in [2.05, 4.69) is 26.0 Å². The van der Waals surface area contributed by atoms with E-state index in [1.54, 1.807) is 12.2 Å². The van der Waals surface area contributed by atoms with Gasteiger partial charge in [0.15, 0.2) is 11.9 Å². The van der Waals surface area contributed by atoms with Crippen molar-refractivity contribution in [2.45, 2.75) is 167 Å². The van der Waals surface area contributed by atoms with Crippen molar-refractivity contribution in [1.82, 2.24) is 0 Å². The van der Waals surface area contributed by atoms with Crippen LogP contribution in [0.3, 0.4) is 0 Å². The molecule has 5 atom stereocenters. The molecule has 1 unspecified atom stereocenters. The molecule has 0 heterocycles. The van der Waals surface area contributed by atoms with Gasteiger partial charge in [0.25, 0.3) is 7.82 Å². The van der Waals surface area contributed by atoms with E-state index < -0.39 is 38.6 Å². The fourth-order valence-electron chi connectivity index (χ4n) is 6.40. The Balaban J connectivity index is 2.47. The number of unbranched alkanes of at least 4 members (excludes halogenated alkanes) is 14. The highest BCUT2D eigenvalue weighted by Gasteiger charge is 2.27. The van der Waals surface area contributed by atoms with E-state index in [1.807, 2.05) is 45.4 Å². The molecule has 1 rings (SSSR count). The highest BCUT2D eigenvalue weighted by atomic mass is 31.2. The lowest BCUT2D eigenvalue weighted by atomic mass is 9.90. The normalized spacial score (nSPS) is 18.1. The Morgan fingerprint density at radius 1 is 0.793 bits per heavy atom. The van der Waals surface area contributed by atoms with Crippen LogP contribution in [-0.2, 0) is 37.5 Å². The van der Waals surface area contributed by atoms with Crippen molar-refractivity contribution >= 4 is 25.5 Å². The number of aliphatic hydroxyl groups is 1. The predicted molar refractivity (Wildman–Crippen MR) is 231 cm³/mol. The first-order valence-corrected chi connectivity index (χ1v) is 23.9. The second-order valence-electron chi connectivity index (χ2n) is 16.7. The number of allylic oxidation sites excluding steroid dienone is 7. The lowest BCUT2D eigenvalue weighted by molar-refractivity contribution is -0.870. The number of phosphoric acid groups is 1. The lowest BCUT2D eigenvalue weighted by Gasteiger charge is -2.28. The van der Waals surface area contributed by atoms with Gasteiger partial charge in [-0.1, -0.05) is 127 Å². The minimum atomic E-state index is -4.68. The third kappa shape index (κ3) is 30.6. The first-order chi connectivity index (χ1) is 27.8. The van der Waals surface area contributed by atoms with Crippen LogP contribution < -0.4 is 4.89 Å². The number of quaternary nitrogens is 1. The zero-order chi connectivity index (χ0) is 42.9. The second kappa shape index (κ2) is 33.3. The van der Waals surface area contributed by atoms with Crippen molar-refractivity contribution in [1.29, 1.82) is 0 Å². The third-order valence-electron chi connectivity index (χ3n) is 10.1. The fraction of sp³-hybridized carbons (Fsp3) is 0.761. The Bertz CT molecular complexity index is 1270. The summed E-state index contributed by atoms with van der Waals surface area (Å²) in [6.07, 6.45) is 34.8. The smallest absolute Gasteiger partial charge is 0.306 e. The van der Waals surface area contributed by atoms with Gasteiger partial charge in [-0.2, -0.15) is 0 Å². The fourth-order valence-corrected chi connectivity index (χ4v) is 7.13. The molecule has 0 saturated carbocycles. The SMILES string of the molecule is CCCCCCCC/C=C\CCCCCCCC(=O)O[C@H](COC(=O)CCC/C=C\C[C@H]1C=CC(=O)[C@@H]1/C=C/[C@@H](O)CCCCC)COP(=O)([O-])OCC[N+](C)(C)C. The van der Waals surface area contributed by atoms with Gasteiger partial charge in [0.1, 0.15) is 19.8 Å². The number of ketones is 1. The van der Waals surface area contributed by atoms with Crippen molar-refractivity contribution < 1.29 is 52.0 Å². The molecule has 11 nitrogen and oxygen atoms in total. The van der Waals surface area contributed by atoms with E-state index in [1.165, 1.54) is 38.5 Å². The zero-order valence-corrected chi connectivity index (χ0v) is 37.7. The molecule has 0 saturated heterocycles. The summed E-state index contributed by atoms with van der Waals surface area (Å²) in [5, 5.41) is 10.2. The number of rotatable bonds is 37. The average molecular weight is 838 g/mol. The summed E-state index contributed by atoms with van der Waals surface area (Å²) in [6.45, 7) is 3.87. The van der Waals surface area contributed by atoms with Gasteiger partial charge in [0.05, 0.1) is 33.9 Å². The van der Waals surface area contributed by atoms with Gasteiger partial charge < -0.3 is 33.0 Å². The van der Waals surface area contributed by atoms with Crippen LogP contribution in [0.4, 0.5) is 0 Å². The van der Waals surface area contributed by atoms with Crippen LogP contribution in [0, 0.1) is 11.8 Å². The quantitative estimate of drug-likeness (QED) is 0.0211. The highest BCUT2D eigenvalue weighted by Crippen LogP contribution is 2.38. The molecule has 0 aromatic rings. The molecule has 334 valence electrons. The zero-order valence-electron chi connectivity index (χ0n) is 36.8. The molecule has 12 heteroatoms. The standard InChI is InChI=1S/C46H80NO10P/c1-6-8-10-11-12-13-14-15-16-17-18-19-20-21-27-31-46(51)57-42(39-56-58(52,53)55-37-36-47(3,4)5)38-54-45(50)30-26-23-22-25-28-40-32-35-44(49)43(40)34-33-41(48)29-24-9-7-2/h15-16,22,25,32-35,40-43,48H,6-14,17-21,23-24,26-31,36-39H2,1-5H3/b16-15-,25-22-,34-33+/t40-,41-,42+,43+/m0/s1. The van der Waals surface area contributed by atoms with E-state index >= 15 is 0 Å². The maximum absolute atomic E-state index is 12.7. The van der Waals surface area contributed by atoms with Crippen LogP contribution in [0.25, 0.3) is 0 Å². The number of ether oxygens (including phenoxy) is 2. The van der Waals surface area contributed by atoms with Crippen molar-refractivity contribution in [2.24, 2.45) is 11.8 Å². The number of aliphatic hydroxyl groups excluding tert-OH is 1. The molecule has 0 radical (unpaired) electrons. The maximum atomic E-state index is 12.7. The van der Waals surface area contributed by atoms with Gasteiger partial charge >= 0.3 is 11.9 Å². The number of phosphoric ester groups is 1. The molecule has 0 aromatic carbocycles. The highest BCUT2D eigenvalue weighted by molar-refractivity contribution is 7.45. The van der Waals surface area contributed by atoms with Gasteiger partial charge in [-0.05, 0) is 69.8 Å². The average Bonchev–Trinajstić information content (AvgIpc) is 3.52. The van der Waals surface area contributed by atoms with Crippen molar-refractivity contribution in [3.8, 4) is 0 Å². The second-order valence-corrected chi connectivity index (χ2v) is 18.1. The van der Waals surface area contributed by atoms with E-state index in [0.717, 1.165) is 57.8 Å². The van der Waals surface area contributed by atoms with E-state index in [4.69, 9.17) is 18.5 Å². The van der Waals surface area contributed by atoms with Crippen molar-refractivity contribution in [3.05, 3.63) is 48.6 Å². The van der Waals surface area contributed by atoms with Gasteiger partial charge in [0.2, 0.25) is 0 Å². The Morgan fingerprint density at radius 3 is 2.05 bits per heavy atom. The first kappa shape index (κ1) is 53.6. The summed E-state index contributed by atoms with van der Waals surface area (Å²) < 4.78 is 33.8. The van der Waals surface area contributed by atoms with Gasteiger partial charge in [0, 0.05) is 18.8 Å². The molecule has 0 aromatic heterocycles. The van der Waals surface area contributed by atoms with Gasteiger partial charge in [-0.25, -0.2) is 0 Å². The van der Waals surface area contributed by atoms with E-state index in [9.17, 15) is 28.9 Å². The Kier molecular flexibility index (Phi) is 30.8. The predicted octanol–water partition coefficient (Wildman–Crippen LogP) is 9.67. The summed E-state index contributed by atoms with van der Waals surface area (Å²) in [7, 11) is 1.05. The van der Waals surface area contributed by atoms with Crippen molar-refractivity contribution in [2.75, 3.05) is 47.5 Å². The lowest BCUT2D eigenvalue weighted by Crippen LogP contribution is -2.37. The monoisotopic (exact) mass is 838 g/mol. The number of hydrogen-bond acceptors (Lipinski definition) is 10. The number of carbonyl (C=O) groups is 3. The molecule has 0 fully saturated rings. The Morgan fingerprint density at radius 2 is 1.38 bits per heavy atom. The van der Waals surface area contributed by atoms with E-state index in [0.29, 0.717) is 43.1 Å². The number of likely N-dealkylation sites (N-methyl/N-ethyl adjacent to an activating group) is 1. The number of esters is 2. The number of carbonyl (C=O) groups excluding carboxylic acids is 3. The molecular weight excluding hydrogens is 757 g/mol. The van der Waals surface area contributed by atoms with Crippen LogP contribution in [0.1, 0.15) is 155 Å². The number of hydrogen-bond donors (Lipinski definition) is 1. The van der Waals surface area contributed by atoms with Gasteiger partial charge in [-0.15, -0.1) is 0 Å². The van der Waals surface area contributed by atoms with Crippen LogP contribution in [0.5, 0.6) is 0 Å². The Labute approximate surface area is 351 Å². The third-order valence-corrected chi connectivity index (χ3v) is 11.0. The first-order valence-electron chi connectivity index (χ1n) is 22.4. The molecule has 58 heavy (non-hydrogen) atoms. The van der Waals surface area contributed by atoms with Crippen LogP contribution >= 0.6 is 7.82 Å². The molecular formula is C46H80NO10P. The van der Waals surface area contributed by atoms with E-state index in [-0.39, 0.29) is 43.7 Å². The minimum Gasteiger partial charge on any atom is -0.756 e. The molecule has 1 aliphatic carbocycles. The summed E-state index contributed by atoms with van der Waals surface area (Å²) >= 11 is 0. The topological polar surface area (TPSA) is 148 Å². The molecule has 1 aliphatic rings. The summed E-state index contributed by atoms with van der Waals surface area (Å²) in [6, 6.07) is 0. The van der Waals surface area contributed by atoms with Crippen LogP contribution in [-0.4, -0.2) is 87.0 Å². The largest absolute Gasteiger partial charge is 0.756 e. The summed E-state index contributed by atoms with van der Waals surface area (Å²) in [5.74, 6) is -1.21. The molecule has 0 bridgehead atoms. The molecule has 1 N–H and O–H groups in total. The summed E-state index contributed by atoms with van der Waals surface area (Å²) in [4.78, 5) is 50.1. The van der Waals surface area contributed by atoms with Crippen molar-refractivity contribution in [3.63, 3.8) is 0 Å². The molecule has 0 amide bonds. The van der Waals surface area contributed by atoms with Crippen LogP contribution in [0.15, 0.2) is 48.6 Å². The van der Waals surface area contributed by atoms with Gasteiger partial charge in [-0.3, -0.25) is 18.9 Å². The maximum Gasteiger partial charge on any atom is 0.306 e. The molecule has 0 aliphatic heterocycles. The van der Waals surface area contributed by atoms with Crippen LogP contribution in [0.2, 0.25) is 0 Å². The molecule has 0 spiro atoms.